The number of likely N-dealkylation sites (tertiary alicyclic amines) is 1. The second kappa shape index (κ2) is 8.32. The lowest BCUT2D eigenvalue weighted by Gasteiger charge is -2.23. The molecule has 0 spiro atoms. The van der Waals surface area contributed by atoms with E-state index in [0.717, 1.165) is 30.9 Å². The number of H-pyrrole nitrogens is 2. The maximum atomic E-state index is 13.7. The number of rotatable bonds is 7. The van der Waals surface area contributed by atoms with Crippen molar-refractivity contribution in [3.63, 3.8) is 0 Å². The molecule has 5 rings (SSSR count). The molecule has 0 unspecified atom stereocenters. The average molecular weight is 404 g/mol. The third kappa shape index (κ3) is 3.96. The van der Waals surface area contributed by atoms with Gasteiger partial charge in [-0.05, 0) is 66.7 Å². The zero-order chi connectivity index (χ0) is 20.3. The largest absolute Gasteiger partial charge is 0.490 e. The van der Waals surface area contributed by atoms with E-state index in [9.17, 15) is 4.39 Å². The van der Waals surface area contributed by atoms with Gasteiger partial charge in [0, 0.05) is 30.4 Å². The minimum atomic E-state index is -0.331. The van der Waals surface area contributed by atoms with Crippen LogP contribution in [0.4, 0.5) is 4.39 Å². The molecule has 0 amide bonds. The Kier molecular flexibility index (Phi) is 5.24. The Morgan fingerprint density at radius 2 is 2.07 bits per heavy atom. The summed E-state index contributed by atoms with van der Waals surface area (Å²) in [5.41, 5.74) is 4.59. The zero-order valence-electron chi connectivity index (χ0n) is 16.8. The van der Waals surface area contributed by atoms with Crippen LogP contribution in [0.25, 0.3) is 10.9 Å². The third-order valence-electron chi connectivity index (χ3n) is 5.82. The maximum Gasteiger partial charge on any atom is 0.165 e. The van der Waals surface area contributed by atoms with Crippen LogP contribution in [0, 0.1) is 5.82 Å². The number of halogens is 1. The first-order valence-electron chi connectivity index (χ1n) is 10.5. The highest BCUT2D eigenvalue weighted by Gasteiger charge is 2.28. The molecule has 30 heavy (non-hydrogen) atoms. The number of aromatic nitrogens is 3. The molecule has 0 bridgehead atoms. The molecule has 0 saturated carbocycles. The Morgan fingerprint density at radius 3 is 3.00 bits per heavy atom. The van der Waals surface area contributed by atoms with E-state index >= 15 is 0 Å². The fraction of sp³-hybridized carbons (Fsp3) is 0.292. The van der Waals surface area contributed by atoms with Crippen molar-refractivity contribution in [3.8, 4) is 5.75 Å². The lowest BCUT2D eigenvalue weighted by atomic mass is 10.1. The third-order valence-corrected chi connectivity index (χ3v) is 5.82. The monoisotopic (exact) mass is 404 g/mol. The van der Waals surface area contributed by atoms with Crippen LogP contribution in [0.2, 0.25) is 0 Å². The average Bonchev–Trinajstić information content (AvgIpc) is 3.50. The summed E-state index contributed by atoms with van der Waals surface area (Å²) in [6.07, 6.45) is 4.94. The molecule has 2 aromatic heterocycles. The molecule has 1 aliphatic rings. The summed E-state index contributed by atoms with van der Waals surface area (Å²) in [6.45, 7) is 2.41. The number of hydrogen-bond donors (Lipinski definition) is 2. The van der Waals surface area contributed by atoms with E-state index in [0.29, 0.717) is 24.8 Å². The number of ether oxygens (including phenoxy) is 1. The van der Waals surface area contributed by atoms with Crippen LogP contribution in [0.5, 0.6) is 5.75 Å². The molecule has 5 nitrogen and oxygen atoms in total. The predicted molar refractivity (Wildman–Crippen MR) is 115 cm³/mol. The van der Waals surface area contributed by atoms with Gasteiger partial charge in [0.2, 0.25) is 0 Å². The summed E-state index contributed by atoms with van der Waals surface area (Å²) in [6, 6.07) is 17.7. The fourth-order valence-corrected chi connectivity index (χ4v) is 4.30. The van der Waals surface area contributed by atoms with E-state index in [1.807, 2.05) is 6.20 Å². The Morgan fingerprint density at radius 1 is 1.13 bits per heavy atom. The zero-order valence-corrected chi connectivity index (χ0v) is 16.8. The van der Waals surface area contributed by atoms with Gasteiger partial charge in [-0.25, -0.2) is 4.39 Å². The molecule has 4 aromatic rings. The number of fused-ring (bicyclic) bond motifs is 1. The van der Waals surface area contributed by atoms with Crippen LogP contribution in [0.1, 0.15) is 35.8 Å². The summed E-state index contributed by atoms with van der Waals surface area (Å²) < 4.78 is 19.2. The Hall–Kier alpha value is -3.12. The molecule has 6 heteroatoms. The van der Waals surface area contributed by atoms with Crippen molar-refractivity contribution in [2.45, 2.75) is 31.8 Å². The second-order valence-corrected chi connectivity index (χ2v) is 7.87. The van der Waals surface area contributed by atoms with Crippen LogP contribution in [-0.2, 0) is 13.0 Å². The molecule has 3 heterocycles. The van der Waals surface area contributed by atoms with E-state index in [-0.39, 0.29) is 5.82 Å². The number of nitrogens with one attached hydrogen (secondary N) is 2. The van der Waals surface area contributed by atoms with Crippen molar-refractivity contribution in [3.05, 3.63) is 83.6 Å². The molecular formula is C24H25FN4O. The normalized spacial score (nSPS) is 17.0. The number of benzene rings is 2. The minimum Gasteiger partial charge on any atom is -0.490 e. The first kappa shape index (κ1) is 18.9. The van der Waals surface area contributed by atoms with Crippen molar-refractivity contribution < 1.29 is 9.13 Å². The summed E-state index contributed by atoms with van der Waals surface area (Å²) >= 11 is 0. The lowest BCUT2D eigenvalue weighted by molar-refractivity contribution is 0.244. The summed E-state index contributed by atoms with van der Waals surface area (Å²) in [5.74, 6) is -0.0409. The van der Waals surface area contributed by atoms with E-state index in [1.165, 1.54) is 29.0 Å². The van der Waals surface area contributed by atoms with E-state index in [1.54, 1.807) is 18.2 Å². The van der Waals surface area contributed by atoms with Crippen molar-refractivity contribution >= 4 is 10.9 Å². The van der Waals surface area contributed by atoms with Crippen LogP contribution in [0.15, 0.2) is 60.8 Å². The Balaban J connectivity index is 1.21. The SMILES string of the molecule is Fc1ccccc1OCCc1cc([C@H]2CCCN2Cc2ccc3[nH]ccc3c2)n[nH]1. The van der Waals surface area contributed by atoms with Gasteiger partial charge in [-0.2, -0.15) is 5.10 Å². The van der Waals surface area contributed by atoms with Gasteiger partial charge in [-0.1, -0.05) is 18.2 Å². The quantitative estimate of drug-likeness (QED) is 0.456. The van der Waals surface area contributed by atoms with Crippen LogP contribution < -0.4 is 4.74 Å². The smallest absolute Gasteiger partial charge is 0.165 e. The summed E-state index contributed by atoms with van der Waals surface area (Å²) in [4.78, 5) is 5.75. The van der Waals surface area contributed by atoms with Crippen LogP contribution >= 0.6 is 0 Å². The fourth-order valence-electron chi connectivity index (χ4n) is 4.30. The molecule has 0 radical (unpaired) electrons. The highest BCUT2D eigenvalue weighted by Crippen LogP contribution is 2.33. The summed E-state index contributed by atoms with van der Waals surface area (Å²) in [5, 5.41) is 8.96. The van der Waals surface area contributed by atoms with E-state index in [4.69, 9.17) is 4.74 Å². The van der Waals surface area contributed by atoms with Gasteiger partial charge in [0.05, 0.1) is 18.3 Å². The van der Waals surface area contributed by atoms with Crippen molar-refractivity contribution in [2.75, 3.05) is 13.2 Å². The van der Waals surface area contributed by atoms with Crippen molar-refractivity contribution in [2.24, 2.45) is 0 Å². The van der Waals surface area contributed by atoms with E-state index < -0.39 is 0 Å². The van der Waals surface area contributed by atoms with Gasteiger partial charge in [-0.3, -0.25) is 10.00 Å². The van der Waals surface area contributed by atoms with Crippen LogP contribution in [-0.4, -0.2) is 33.2 Å². The number of nitrogens with zero attached hydrogens (tertiary/aromatic N) is 2. The van der Waals surface area contributed by atoms with Crippen molar-refractivity contribution in [1.82, 2.24) is 20.1 Å². The highest BCUT2D eigenvalue weighted by atomic mass is 19.1. The number of para-hydroxylation sites is 1. The van der Waals surface area contributed by atoms with Gasteiger partial charge in [0.1, 0.15) is 0 Å². The summed E-state index contributed by atoms with van der Waals surface area (Å²) in [7, 11) is 0. The van der Waals surface area contributed by atoms with Crippen LogP contribution in [0.3, 0.4) is 0 Å². The maximum absolute atomic E-state index is 13.7. The van der Waals surface area contributed by atoms with Gasteiger partial charge in [-0.15, -0.1) is 0 Å². The topological polar surface area (TPSA) is 56.9 Å². The second-order valence-electron chi connectivity index (χ2n) is 7.87. The molecule has 2 N–H and O–H groups in total. The van der Waals surface area contributed by atoms with Gasteiger partial charge < -0.3 is 9.72 Å². The standard InChI is InChI=1S/C24H25FN4O/c25-20-4-1-2-6-24(20)30-13-10-19-15-22(28-27-19)23-5-3-12-29(23)16-17-7-8-21-18(14-17)9-11-26-21/h1-2,4,6-9,11,14-15,23,26H,3,5,10,12-13,16H2,(H,27,28)/t23-/m1/s1. The highest BCUT2D eigenvalue weighted by molar-refractivity contribution is 5.79. The molecule has 0 aliphatic carbocycles. The number of hydrogen-bond acceptors (Lipinski definition) is 3. The van der Waals surface area contributed by atoms with Gasteiger partial charge in [0.25, 0.3) is 0 Å². The minimum absolute atomic E-state index is 0.290. The van der Waals surface area contributed by atoms with Gasteiger partial charge >= 0.3 is 0 Å². The molecule has 1 atom stereocenters. The first-order valence-corrected chi connectivity index (χ1v) is 10.5. The molecular weight excluding hydrogens is 379 g/mol. The van der Waals surface area contributed by atoms with Crippen molar-refractivity contribution in [1.29, 1.82) is 0 Å². The van der Waals surface area contributed by atoms with E-state index in [2.05, 4.69) is 50.4 Å². The Bertz CT molecular complexity index is 1130. The Labute approximate surface area is 174 Å². The molecule has 154 valence electrons. The molecule has 1 saturated heterocycles. The first-order chi connectivity index (χ1) is 14.8. The lowest BCUT2D eigenvalue weighted by Crippen LogP contribution is -2.23. The molecule has 2 aromatic carbocycles. The molecule has 1 fully saturated rings. The van der Waals surface area contributed by atoms with Gasteiger partial charge in [0.15, 0.2) is 11.6 Å². The number of aromatic amines is 2. The predicted octanol–water partition coefficient (Wildman–Crippen LogP) is 4.99. The molecule has 1 aliphatic heterocycles.